The zero-order valence-corrected chi connectivity index (χ0v) is 15.0. The third-order valence-corrected chi connectivity index (χ3v) is 10.3. The van der Waals surface area contributed by atoms with E-state index in [9.17, 15) is 9.90 Å². The minimum atomic E-state index is -1.54. The molecule has 4 bridgehead atoms. The van der Waals surface area contributed by atoms with E-state index in [4.69, 9.17) is 69.6 Å². The van der Waals surface area contributed by atoms with Crippen LogP contribution in [0.2, 0.25) is 0 Å². The summed E-state index contributed by atoms with van der Waals surface area (Å²) in [4.78, 5) is 8.92. The molecular weight excluding hydrogens is 401 g/mol. The Morgan fingerprint density at radius 2 is 1.52 bits per heavy atom. The predicted molar refractivity (Wildman–Crippen MR) is 84.7 cm³/mol. The van der Waals surface area contributed by atoms with E-state index in [0.717, 1.165) is 6.42 Å². The van der Waals surface area contributed by atoms with Crippen molar-refractivity contribution in [1.29, 1.82) is 0 Å². The van der Waals surface area contributed by atoms with Gasteiger partial charge in [0.2, 0.25) is 0 Å². The molecule has 0 spiro atoms. The lowest BCUT2D eigenvalue weighted by Gasteiger charge is -2.41. The number of hydrogen-bond donors (Lipinski definition) is 1. The molecule has 0 radical (unpaired) electrons. The second-order valence-corrected chi connectivity index (χ2v) is 9.79. The zero-order valence-electron chi connectivity index (χ0n) is 10.4. The number of hydrogen-bond acceptors (Lipinski definition) is 1. The minimum absolute atomic E-state index is 0.106. The fourth-order valence-electron chi connectivity index (χ4n) is 5.33. The molecule has 0 heterocycles. The van der Waals surface area contributed by atoms with E-state index < -0.39 is 26.0 Å². The van der Waals surface area contributed by atoms with Gasteiger partial charge in [-0.2, -0.15) is 0 Å². The lowest BCUT2D eigenvalue weighted by Crippen LogP contribution is -2.46. The van der Waals surface area contributed by atoms with Crippen LogP contribution >= 0.6 is 69.6 Å². The van der Waals surface area contributed by atoms with Crippen LogP contribution in [-0.2, 0) is 4.79 Å². The van der Waals surface area contributed by atoms with Crippen LogP contribution in [0, 0.1) is 29.6 Å². The van der Waals surface area contributed by atoms with Crippen LogP contribution in [0.15, 0.2) is 10.1 Å². The van der Waals surface area contributed by atoms with Crippen molar-refractivity contribution >= 4 is 75.6 Å². The number of fused-ring (bicyclic) bond motifs is 9. The van der Waals surface area contributed by atoms with Crippen LogP contribution in [0.4, 0.5) is 0 Å². The summed E-state index contributed by atoms with van der Waals surface area (Å²) in [6.07, 6.45) is 1.32. The van der Waals surface area contributed by atoms with Crippen molar-refractivity contribution in [2.75, 3.05) is 0 Å². The predicted octanol–water partition coefficient (Wildman–Crippen LogP) is 4.80. The maximum absolute atomic E-state index is 11.5. The number of alkyl halides is 4. The summed E-state index contributed by atoms with van der Waals surface area (Å²) in [5, 5.41) is 9.79. The molecule has 0 saturated heterocycles. The second kappa shape index (κ2) is 4.13. The van der Waals surface area contributed by atoms with Gasteiger partial charge >= 0.3 is 5.97 Å². The first-order valence-corrected chi connectivity index (χ1v) is 8.91. The number of rotatable bonds is 1. The van der Waals surface area contributed by atoms with Crippen LogP contribution in [0.25, 0.3) is 0 Å². The van der Waals surface area contributed by atoms with Gasteiger partial charge in [0.15, 0.2) is 4.33 Å². The van der Waals surface area contributed by atoms with Gasteiger partial charge in [-0.3, -0.25) is 4.79 Å². The summed E-state index contributed by atoms with van der Waals surface area (Å²) in [5.74, 6) is -1.67. The van der Waals surface area contributed by atoms with Gasteiger partial charge in [0.05, 0.1) is 16.0 Å². The van der Waals surface area contributed by atoms with E-state index in [-0.39, 0.29) is 33.7 Å². The Morgan fingerprint density at radius 3 is 2.05 bits per heavy atom. The highest BCUT2D eigenvalue weighted by atomic mass is 35.5. The number of halogens is 6. The topological polar surface area (TPSA) is 37.3 Å². The van der Waals surface area contributed by atoms with Gasteiger partial charge in [0.1, 0.15) is 9.75 Å². The average Bonchev–Trinajstić information content (AvgIpc) is 3.05. The molecule has 4 aliphatic rings. The molecule has 3 saturated carbocycles. The van der Waals surface area contributed by atoms with E-state index >= 15 is 0 Å². The highest BCUT2D eigenvalue weighted by molar-refractivity contribution is 6.65. The summed E-state index contributed by atoms with van der Waals surface area (Å²) in [5.41, 5.74) is 0. The van der Waals surface area contributed by atoms with Crippen LogP contribution in [0.3, 0.4) is 0 Å². The molecule has 0 amide bonds. The Balaban J connectivity index is 1.92. The smallest absolute Gasteiger partial charge is 0.306 e. The van der Waals surface area contributed by atoms with Gasteiger partial charge < -0.3 is 5.11 Å². The van der Waals surface area contributed by atoms with E-state index in [1.54, 1.807) is 0 Å². The number of carboxylic acid groups (broad SMARTS) is 1. The molecule has 7 atom stereocenters. The first-order chi connectivity index (χ1) is 9.60. The number of carbonyl (C=O) groups is 1. The Labute approximate surface area is 151 Å². The van der Waals surface area contributed by atoms with Crippen LogP contribution < -0.4 is 0 Å². The summed E-state index contributed by atoms with van der Waals surface area (Å²) in [7, 11) is 0. The number of aliphatic carboxylic acids is 1. The van der Waals surface area contributed by atoms with E-state index in [0.29, 0.717) is 6.42 Å². The van der Waals surface area contributed by atoms with Crippen molar-refractivity contribution in [2.45, 2.75) is 26.9 Å². The summed E-state index contributed by atoms with van der Waals surface area (Å²) in [6.45, 7) is 0. The van der Waals surface area contributed by atoms with Crippen molar-refractivity contribution in [2.24, 2.45) is 29.6 Å². The van der Waals surface area contributed by atoms with Gasteiger partial charge in [0.25, 0.3) is 0 Å². The maximum atomic E-state index is 11.5. The number of carboxylic acids is 1. The Kier molecular flexibility index (Phi) is 3.04. The lowest BCUT2D eigenvalue weighted by molar-refractivity contribution is -0.144. The Morgan fingerprint density at radius 1 is 1.00 bits per heavy atom. The lowest BCUT2D eigenvalue weighted by atomic mass is 9.69. The molecule has 116 valence electrons. The van der Waals surface area contributed by atoms with Crippen molar-refractivity contribution in [3.05, 3.63) is 10.1 Å². The molecule has 8 heteroatoms. The van der Waals surface area contributed by atoms with Gasteiger partial charge in [-0.05, 0) is 36.5 Å². The summed E-state index contributed by atoms with van der Waals surface area (Å²) >= 11 is 39.3. The maximum Gasteiger partial charge on any atom is 0.306 e. The fraction of sp³-hybridized carbons (Fsp3) is 0.769. The van der Waals surface area contributed by atoms with Gasteiger partial charge in [0, 0.05) is 0 Å². The third-order valence-electron chi connectivity index (χ3n) is 5.99. The molecule has 21 heavy (non-hydrogen) atoms. The highest BCUT2D eigenvalue weighted by Crippen LogP contribution is 2.82. The quantitative estimate of drug-likeness (QED) is 0.497. The third kappa shape index (κ3) is 1.34. The first kappa shape index (κ1) is 15.5. The molecular formula is C13H10Cl6O2. The molecule has 0 aromatic heterocycles. The standard InChI is InChI=1S/C13H10Cl6O2/c14-8-9(15)12(17)7-4-1-3(2-5(4)10(20)21)6(7)11(8,16)13(12,18)19/h3-7H,1-2H2,(H,20,21)/t3-,4+,5-,6+,7+,11-,12-/m0/s1. The summed E-state index contributed by atoms with van der Waals surface area (Å²) in [6, 6.07) is 0. The second-order valence-electron chi connectivity index (χ2n) is 6.52. The highest BCUT2D eigenvalue weighted by Gasteiger charge is 2.86. The van der Waals surface area contributed by atoms with Crippen LogP contribution in [0.5, 0.6) is 0 Å². The molecule has 2 nitrogen and oxygen atoms in total. The molecule has 3 fully saturated rings. The van der Waals surface area contributed by atoms with Gasteiger partial charge in [-0.1, -0.05) is 46.4 Å². The monoisotopic (exact) mass is 408 g/mol. The molecule has 4 rings (SSSR count). The van der Waals surface area contributed by atoms with Crippen molar-refractivity contribution in [3.63, 3.8) is 0 Å². The Bertz CT molecular complexity index is 603. The van der Waals surface area contributed by atoms with Crippen LogP contribution in [-0.4, -0.2) is 25.2 Å². The van der Waals surface area contributed by atoms with E-state index in [1.165, 1.54) is 0 Å². The molecule has 0 aromatic carbocycles. The fourth-order valence-corrected chi connectivity index (χ4v) is 8.48. The molecule has 0 aliphatic heterocycles. The van der Waals surface area contributed by atoms with E-state index in [1.807, 2.05) is 0 Å². The largest absolute Gasteiger partial charge is 0.481 e. The number of allylic oxidation sites excluding steroid dienone is 2. The molecule has 0 unspecified atom stereocenters. The first-order valence-electron chi connectivity index (χ1n) is 6.64. The van der Waals surface area contributed by atoms with Crippen LogP contribution in [0.1, 0.15) is 12.8 Å². The van der Waals surface area contributed by atoms with Crippen molar-refractivity contribution in [3.8, 4) is 0 Å². The zero-order chi connectivity index (χ0) is 15.5. The SMILES string of the molecule is O=C(O)[C@H]1C[C@@H]2C[C@H]1[C@@H]1[C@@H]2[C@]2(Cl)C(Cl)=C(Cl)[C@]1(Cl)C2(Cl)Cl. The van der Waals surface area contributed by atoms with Gasteiger partial charge in [-0.15, -0.1) is 23.2 Å². The molecule has 1 N–H and O–H groups in total. The summed E-state index contributed by atoms with van der Waals surface area (Å²) < 4.78 is -1.54. The van der Waals surface area contributed by atoms with Crippen molar-refractivity contribution < 1.29 is 9.90 Å². The normalized spacial score (nSPS) is 56.2. The molecule has 4 aliphatic carbocycles. The van der Waals surface area contributed by atoms with Gasteiger partial charge in [-0.25, -0.2) is 0 Å². The Hall–Kier alpha value is 0.950. The molecule has 0 aromatic rings. The minimum Gasteiger partial charge on any atom is -0.481 e. The average molecular weight is 411 g/mol. The van der Waals surface area contributed by atoms with E-state index in [2.05, 4.69) is 0 Å². The van der Waals surface area contributed by atoms with Crippen molar-refractivity contribution in [1.82, 2.24) is 0 Å².